The van der Waals surface area contributed by atoms with E-state index < -0.39 is 23.5 Å². The van der Waals surface area contributed by atoms with Crippen LogP contribution in [0, 0.1) is 17.5 Å². The van der Waals surface area contributed by atoms with Gasteiger partial charge in [-0.1, -0.05) is 66.2 Å². The average molecular weight is 492 g/mol. The summed E-state index contributed by atoms with van der Waals surface area (Å²) in [6, 6.07) is 17.9. The number of benzene rings is 3. The number of morpholine rings is 1. The molecule has 7 heteroatoms. The summed E-state index contributed by atoms with van der Waals surface area (Å²) in [6.07, 6.45) is 2.04. The first-order chi connectivity index (χ1) is 17.5. The van der Waals surface area contributed by atoms with Crippen molar-refractivity contribution in [1.82, 2.24) is 4.90 Å². The molecule has 6 rings (SSSR count). The van der Waals surface area contributed by atoms with Gasteiger partial charge in [0.15, 0.2) is 17.5 Å². The molecule has 1 fully saturated rings. The third-order valence-electron chi connectivity index (χ3n) is 7.35. The molecule has 184 valence electrons. The van der Waals surface area contributed by atoms with Gasteiger partial charge in [0, 0.05) is 5.92 Å². The molecule has 3 aliphatic rings. The highest BCUT2D eigenvalue weighted by Gasteiger charge is 2.39. The van der Waals surface area contributed by atoms with Gasteiger partial charge in [-0.15, -0.1) is 0 Å². The number of nitrogens with zero attached hydrogens (tertiary/aromatic N) is 1. The Hall–Kier alpha value is -3.58. The maximum absolute atomic E-state index is 14.2. The second kappa shape index (κ2) is 9.13. The molecule has 2 unspecified atom stereocenters. The minimum absolute atomic E-state index is 0.0373. The van der Waals surface area contributed by atoms with Crippen LogP contribution in [-0.2, 0) is 15.9 Å². The molecule has 0 spiro atoms. The van der Waals surface area contributed by atoms with Gasteiger partial charge in [0.25, 0.3) is 0 Å². The molecule has 2 atom stereocenters. The molecule has 2 heterocycles. The van der Waals surface area contributed by atoms with Crippen LogP contribution in [0.2, 0.25) is 0 Å². The quantitative estimate of drug-likeness (QED) is 0.332. The Balaban J connectivity index is 1.19. The lowest BCUT2D eigenvalue weighted by Gasteiger charge is -2.44. The fourth-order valence-corrected chi connectivity index (χ4v) is 5.72. The SMILES string of the molecule is O=C(OCC1c2ccccc2-c2ccccc21)N1C2C=C(Cc3ccc(F)c(F)c3F)CC1COC2. The van der Waals surface area contributed by atoms with Crippen LogP contribution in [0.15, 0.2) is 72.3 Å². The molecule has 3 aromatic rings. The number of amides is 1. The highest BCUT2D eigenvalue weighted by atomic mass is 19.2. The summed E-state index contributed by atoms with van der Waals surface area (Å²) < 4.78 is 52.7. The first-order valence-corrected chi connectivity index (χ1v) is 12.0. The largest absolute Gasteiger partial charge is 0.448 e. The number of fused-ring (bicyclic) bond motifs is 5. The lowest BCUT2D eigenvalue weighted by molar-refractivity contribution is -0.0364. The van der Waals surface area contributed by atoms with Crippen molar-refractivity contribution in [1.29, 1.82) is 0 Å². The summed E-state index contributed by atoms with van der Waals surface area (Å²) in [4.78, 5) is 15.0. The third kappa shape index (κ3) is 3.88. The predicted molar refractivity (Wildman–Crippen MR) is 128 cm³/mol. The monoisotopic (exact) mass is 491 g/mol. The molecule has 1 aliphatic carbocycles. The van der Waals surface area contributed by atoms with E-state index in [1.165, 1.54) is 6.07 Å². The van der Waals surface area contributed by atoms with Crippen molar-refractivity contribution in [2.75, 3.05) is 19.8 Å². The standard InChI is InChI=1S/C29H24F3NO3/c30-26-10-9-18(27(31)28(26)32)11-17-12-19-14-35-15-20(13-17)33(19)29(34)36-16-25-23-7-3-1-5-21(23)22-6-2-4-8-24(22)25/h1-10,12,19-20,25H,11,13-16H2. The highest BCUT2D eigenvalue weighted by molar-refractivity contribution is 5.79. The summed E-state index contributed by atoms with van der Waals surface area (Å²) >= 11 is 0. The summed E-state index contributed by atoms with van der Waals surface area (Å²) in [5.74, 6) is -3.88. The van der Waals surface area contributed by atoms with E-state index in [2.05, 4.69) is 24.3 Å². The molecule has 4 nitrogen and oxygen atoms in total. The first kappa shape index (κ1) is 22.9. The molecule has 1 amide bonds. The molecule has 0 saturated carbocycles. The Kier molecular flexibility index (Phi) is 5.80. The third-order valence-corrected chi connectivity index (χ3v) is 7.35. The van der Waals surface area contributed by atoms with Crippen molar-refractivity contribution in [3.63, 3.8) is 0 Å². The zero-order chi connectivity index (χ0) is 24.8. The summed E-state index contributed by atoms with van der Waals surface area (Å²) in [6.45, 7) is 0.850. The van der Waals surface area contributed by atoms with Crippen LogP contribution in [0.25, 0.3) is 11.1 Å². The van der Waals surface area contributed by atoms with E-state index in [0.717, 1.165) is 33.9 Å². The number of hydrogen-bond donors (Lipinski definition) is 0. The van der Waals surface area contributed by atoms with E-state index in [1.807, 2.05) is 30.3 Å². The van der Waals surface area contributed by atoms with Gasteiger partial charge < -0.3 is 9.47 Å². The van der Waals surface area contributed by atoms with Gasteiger partial charge in [-0.2, -0.15) is 0 Å². The van der Waals surface area contributed by atoms with Crippen molar-refractivity contribution in [3.05, 3.63) is 106 Å². The van der Waals surface area contributed by atoms with Crippen LogP contribution in [0.4, 0.5) is 18.0 Å². The molecule has 1 saturated heterocycles. The summed E-state index contributed by atoms with van der Waals surface area (Å²) in [5, 5.41) is 0. The molecule has 0 N–H and O–H groups in total. The van der Waals surface area contributed by atoms with Crippen molar-refractivity contribution in [2.24, 2.45) is 0 Å². The first-order valence-electron chi connectivity index (χ1n) is 12.0. The fourth-order valence-electron chi connectivity index (χ4n) is 5.72. The van der Waals surface area contributed by atoms with Gasteiger partial charge in [0.05, 0.1) is 25.3 Å². The van der Waals surface area contributed by atoms with E-state index in [0.29, 0.717) is 19.6 Å². The lowest BCUT2D eigenvalue weighted by atomic mass is 9.90. The van der Waals surface area contributed by atoms with Crippen LogP contribution in [0.3, 0.4) is 0 Å². The zero-order valence-corrected chi connectivity index (χ0v) is 19.4. The van der Waals surface area contributed by atoms with Crippen LogP contribution in [0.1, 0.15) is 29.0 Å². The van der Waals surface area contributed by atoms with Crippen LogP contribution >= 0.6 is 0 Å². The highest BCUT2D eigenvalue weighted by Crippen LogP contribution is 2.44. The van der Waals surface area contributed by atoms with E-state index in [9.17, 15) is 18.0 Å². The minimum atomic E-state index is -1.47. The van der Waals surface area contributed by atoms with Gasteiger partial charge in [0.2, 0.25) is 0 Å². The maximum Gasteiger partial charge on any atom is 0.410 e. The Bertz CT molecular complexity index is 1330. The second-order valence-corrected chi connectivity index (χ2v) is 9.51. The van der Waals surface area contributed by atoms with Crippen LogP contribution < -0.4 is 0 Å². The number of ether oxygens (including phenoxy) is 2. The lowest BCUT2D eigenvalue weighted by Crippen LogP contribution is -2.56. The Labute approximate surface area is 206 Å². The number of carbonyl (C=O) groups excluding carboxylic acids is 1. The fraction of sp³-hybridized carbons (Fsp3) is 0.276. The van der Waals surface area contributed by atoms with Gasteiger partial charge >= 0.3 is 6.09 Å². The number of carbonyl (C=O) groups is 1. The van der Waals surface area contributed by atoms with Crippen molar-refractivity contribution in [3.8, 4) is 11.1 Å². The molecule has 36 heavy (non-hydrogen) atoms. The Morgan fingerprint density at radius 1 is 0.917 bits per heavy atom. The number of hydrogen-bond acceptors (Lipinski definition) is 3. The number of rotatable bonds is 4. The maximum atomic E-state index is 14.2. The summed E-state index contributed by atoms with van der Waals surface area (Å²) in [5.41, 5.74) is 5.56. The Morgan fingerprint density at radius 2 is 1.61 bits per heavy atom. The van der Waals surface area contributed by atoms with Crippen LogP contribution in [-0.4, -0.2) is 42.9 Å². The van der Waals surface area contributed by atoms with Crippen molar-refractivity contribution in [2.45, 2.75) is 30.8 Å². The van der Waals surface area contributed by atoms with Crippen molar-refractivity contribution < 1.29 is 27.4 Å². The number of halogens is 3. The normalized spacial score (nSPS) is 20.5. The average Bonchev–Trinajstić information content (AvgIpc) is 3.21. The van der Waals surface area contributed by atoms with E-state index in [4.69, 9.17) is 9.47 Å². The minimum Gasteiger partial charge on any atom is -0.448 e. The topological polar surface area (TPSA) is 38.8 Å². The zero-order valence-electron chi connectivity index (χ0n) is 19.4. The van der Waals surface area contributed by atoms with E-state index >= 15 is 0 Å². The van der Waals surface area contributed by atoms with Crippen LogP contribution in [0.5, 0.6) is 0 Å². The molecular formula is C29H24F3NO3. The molecule has 2 aliphatic heterocycles. The molecular weight excluding hydrogens is 467 g/mol. The molecule has 0 radical (unpaired) electrons. The molecule has 3 aromatic carbocycles. The van der Waals surface area contributed by atoms with Gasteiger partial charge in [-0.25, -0.2) is 18.0 Å². The summed E-state index contributed by atoms with van der Waals surface area (Å²) in [7, 11) is 0. The predicted octanol–water partition coefficient (Wildman–Crippen LogP) is 6.00. The smallest absolute Gasteiger partial charge is 0.410 e. The van der Waals surface area contributed by atoms with E-state index in [1.54, 1.807) is 4.90 Å². The van der Waals surface area contributed by atoms with E-state index in [-0.39, 0.29) is 36.6 Å². The molecule has 0 aromatic heterocycles. The van der Waals surface area contributed by atoms with Crippen molar-refractivity contribution >= 4 is 6.09 Å². The van der Waals surface area contributed by atoms with Gasteiger partial charge in [0.1, 0.15) is 6.61 Å². The Morgan fingerprint density at radius 3 is 2.31 bits per heavy atom. The second-order valence-electron chi connectivity index (χ2n) is 9.51. The molecule has 2 bridgehead atoms. The van der Waals surface area contributed by atoms with Gasteiger partial charge in [-0.3, -0.25) is 4.90 Å². The van der Waals surface area contributed by atoms with Gasteiger partial charge in [-0.05, 0) is 46.7 Å².